The summed E-state index contributed by atoms with van der Waals surface area (Å²) in [6, 6.07) is 15.6. The smallest absolute Gasteiger partial charge is 0.244 e. The number of benzene rings is 2. The Morgan fingerprint density at radius 1 is 1.05 bits per heavy atom. The van der Waals surface area contributed by atoms with Gasteiger partial charge >= 0.3 is 0 Å². The molecule has 0 aromatic heterocycles. The number of hydrogen-bond acceptors (Lipinski definition) is 4. The summed E-state index contributed by atoms with van der Waals surface area (Å²) in [4.78, 5) is 11.9. The Bertz CT molecular complexity index is 802. The van der Waals surface area contributed by atoms with Crippen LogP contribution < -0.4 is 5.48 Å². The normalized spacial score (nSPS) is 22.0. The van der Waals surface area contributed by atoms with Gasteiger partial charge in [-0.25, -0.2) is 13.9 Å². The summed E-state index contributed by atoms with van der Waals surface area (Å²) in [5.41, 5.74) is 2.86. The Morgan fingerprint density at radius 2 is 1.68 bits per heavy atom. The van der Waals surface area contributed by atoms with Crippen LogP contribution in [0.4, 0.5) is 0 Å². The van der Waals surface area contributed by atoms with Gasteiger partial charge in [0.2, 0.25) is 5.91 Å². The van der Waals surface area contributed by atoms with Gasteiger partial charge in [-0.05, 0) is 17.2 Å². The molecule has 1 aliphatic rings. The van der Waals surface area contributed by atoms with Crippen molar-refractivity contribution >= 4 is 15.7 Å². The second-order valence-electron chi connectivity index (χ2n) is 5.26. The molecule has 2 aromatic rings. The highest BCUT2D eigenvalue weighted by atomic mass is 32.2. The molecule has 2 N–H and O–H groups in total. The SMILES string of the molecule is O=C(C[C@@H]1c2ccccc2S(=O)(=O)[C@H]1c1ccccc1)NO. The van der Waals surface area contributed by atoms with Gasteiger partial charge in [0.05, 0.1) is 10.1 Å². The minimum absolute atomic E-state index is 0.0910. The van der Waals surface area contributed by atoms with Crippen molar-refractivity contribution in [2.45, 2.75) is 22.5 Å². The van der Waals surface area contributed by atoms with Crippen LogP contribution in [-0.2, 0) is 14.6 Å². The van der Waals surface area contributed by atoms with Gasteiger partial charge in [0.15, 0.2) is 9.84 Å². The van der Waals surface area contributed by atoms with Crippen molar-refractivity contribution < 1.29 is 18.4 Å². The van der Waals surface area contributed by atoms with E-state index in [4.69, 9.17) is 5.21 Å². The predicted molar refractivity (Wildman–Crippen MR) is 80.1 cm³/mol. The summed E-state index contributed by atoms with van der Waals surface area (Å²) >= 11 is 0. The first kappa shape index (κ1) is 14.7. The van der Waals surface area contributed by atoms with Crippen LogP contribution in [0.5, 0.6) is 0 Å². The second kappa shape index (κ2) is 5.55. The first-order valence-electron chi connectivity index (χ1n) is 6.86. The Labute approximate surface area is 128 Å². The van der Waals surface area contributed by atoms with Crippen molar-refractivity contribution in [3.05, 3.63) is 65.7 Å². The quantitative estimate of drug-likeness (QED) is 0.671. The zero-order valence-electron chi connectivity index (χ0n) is 11.6. The molecule has 0 aliphatic carbocycles. The first-order chi connectivity index (χ1) is 10.6. The summed E-state index contributed by atoms with van der Waals surface area (Å²) in [6.07, 6.45) is -0.0910. The summed E-state index contributed by atoms with van der Waals surface area (Å²) in [5, 5.41) is 7.96. The highest BCUT2D eigenvalue weighted by Gasteiger charge is 2.46. The predicted octanol–water partition coefficient (Wildman–Crippen LogP) is 2.19. The molecule has 0 radical (unpaired) electrons. The largest absolute Gasteiger partial charge is 0.289 e. The molecule has 2 atom stereocenters. The highest BCUT2D eigenvalue weighted by Crippen LogP contribution is 2.50. The van der Waals surface area contributed by atoms with E-state index in [-0.39, 0.29) is 11.3 Å². The van der Waals surface area contributed by atoms with Crippen molar-refractivity contribution in [3.63, 3.8) is 0 Å². The molecule has 5 nitrogen and oxygen atoms in total. The van der Waals surface area contributed by atoms with Crippen molar-refractivity contribution in [2.75, 3.05) is 0 Å². The molecule has 1 amide bonds. The van der Waals surface area contributed by atoms with Crippen molar-refractivity contribution in [3.8, 4) is 0 Å². The monoisotopic (exact) mass is 317 g/mol. The number of carbonyl (C=O) groups excluding carboxylic acids is 1. The Hall–Kier alpha value is -2.18. The minimum Gasteiger partial charge on any atom is -0.289 e. The van der Waals surface area contributed by atoms with Crippen LogP contribution in [-0.4, -0.2) is 19.5 Å². The van der Waals surface area contributed by atoms with Crippen molar-refractivity contribution in [1.82, 2.24) is 5.48 Å². The van der Waals surface area contributed by atoms with Gasteiger partial charge in [-0.15, -0.1) is 0 Å². The lowest BCUT2D eigenvalue weighted by Gasteiger charge is -2.18. The van der Waals surface area contributed by atoms with Crippen LogP contribution in [0.1, 0.15) is 28.7 Å². The fraction of sp³-hybridized carbons (Fsp3) is 0.188. The van der Waals surface area contributed by atoms with Crippen LogP contribution >= 0.6 is 0 Å². The average Bonchev–Trinajstić information content (AvgIpc) is 2.76. The molecule has 0 spiro atoms. The molecule has 3 rings (SSSR count). The van der Waals surface area contributed by atoms with Gasteiger partial charge in [0, 0.05) is 12.3 Å². The molecule has 22 heavy (non-hydrogen) atoms. The first-order valence-corrected chi connectivity index (χ1v) is 8.41. The average molecular weight is 317 g/mol. The van der Waals surface area contributed by atoms with Gasteiger partial charge in [0.1, 0.15) is 0 Å². The third kappa shape index (κ3) is 2.30. The second-order valence-corrected chi connectivity index (χ2v) is 7.30. The van der Waals surface area contributed by atoms with E-state index in [1.807, 2.05) is 6.07 Å². The minimum atomic E-state index is -3.56. The molecule has 114 valence electrons. The number of hydroxylamine groups is 1. The molecule has 6 heteroatoms. The van der Waals surface area contributed by atoms with Crippen LogP contribution in [0.2, 0.25) is 0 Å². The maximum absolute atomic E-state index is 12.9. The maximum Gasteiger partial charge on any atom is 0.244 e. The lowest BCUT2D eigenvalue weighted by molar-refractivity contribution is -0.129. The highest BCUT2D eigenvalue weighted by molar-refractivity contribution is 7.92. The van der Waals surface area contributed by atoms with E-state index in [9.17, 15) is 13.2 Å². The summed E-state index contributed by atoms with van der Waals surface area (Å²) < 4.78 is 25.7. The zero-order valence-corrected chi connectivity index (χ0v) is 12.5. The van der Waals surface area contributed by atoms with Gasteiger partial charge in [-0.2, -0.15) is 0 Å². The molecule has 1 heterocycles. The molecule has 0 fully saturated rings. The van der Waals surface area contributed by atoms with Crippen LogP contribution in [0.3, 0.4) is 0 Å². The molecular formula is C16H15NO4S. The van der Waals surface area contributed by atoms with E-state index in [0.29, 0.717) is 11.1 Å². The van der Waals surface area contributed by atoms with Crippen LogP contribution in [0.25, 0.3) is 0 Å². The van der Waals surface area contributed by atoms with Crippen LogP contribution in [0.15, 0.2) is 59.5 Å². The van der Waals surface area contributed by atoms with Gasteiger partial charge in [-0.1, -0.05) is 48.5 Å². The molecule has 0 saturated heterocycles. The standard InChI is InChI=1S/C16H15NO4S/c18-15(17-19)10-13-12-8-4-5-9-14(12)22(20,21)16(13)11-6-2-1-3-7-11/h1-9,13,16,19H,10H2,(H,17,18)/t13-,16+/m1/s1. The number of hydrogen-bond donors (Lipinski definition) is 2. The Kier molecular flexibility index (Phi) is 3.72. The lowest BCUT2D eigenvalue weighted by atomic mass is 9.89. The molecule has 2 aromatic carbocycles. The number of carbonyl (C=O) groups is 1. The summed E-state index contributed by atoms with van der Waals surface area (Å²) in [6.45, 7) is 0. The number of amides is 1. The molecule has 0 saturated carbocycles. The number of rotatable bonds is 3. The van der Waals surface area contributed by atoms with Gasteiger partial charge < -0.3 is 0 Å². The van der Waals surface area contributed by atoms with E-state index in [2.05, 4.69) is 0 Å². The third-order valence-electron chi connectivity index (χ3n) is 3.98. The summed E-state index contributed by atoms with van der Waals surface area (Å²) in [7, 11) is -3.56. The topological polar surface area (TPSA) is 83.5 Å². The Balaban J connectivity index is 2.16. The van der Waals surface area contributed by atoms with E-state index in [0.717, 1.165) is 0 Å². The fourth-order valence-electron chi connectivity index (χ4n) is 3.08. The Morgan fingerprint density at radius 3 is 2.36 bits per heavy atom. The van der Waals surface area contributed by atoms with E-state index in [1.54, 1.807) is 54.0 Å². The number of sulfone groups is 1. The maximum atomic E-state index is 12.9. The lowest BCUT2D eigenvalue weighted by Crippen LogP contribution is -2.23. The van der Waals surface area contributed by atoms with Crippen LogP contribution in [0, 0.1) is 0 Å². The molecular weight excluding hydrogens is 302 g/mol. The van der Waals surface area contributed by atoms with Gasteiger partial charge in [-0.3, -0.25) is 10.0 Å². The number of nitrogens with one attached hydrogen (secondary N) is 1. The summed E-state index contributed by atoms with van der Waals surface area (Å²) in [5.74, 6) is -1.12. The van der Waals surface area contributed by atoms with E-state index < -0.39 is 26.9 Å². The molecule has 0 unspecified atom stereocenters. The fourth-order valence-corrected chi connectivity index (χ4v) is 5.36. The molecule has 0 bridgehead atoms. The van der Waals surface area contributed by atoms with E-state index in [1.165, 1.54) is 0 Å². The van der Waals surface area contributed by atoms with Gasteiger partial charge in [0.25, 0.3) is 0 Å². The van der Waals surface area contributed by atoms with Crippen molar-refractivity contribution in [1.29, 1.82) is 0 Å². The van der Waals surface area contributed by atoms with E-state index >= 15 is 0 Å². The van der Waals surface area contributed by atoms with Crippen molar-refractivity contribution in [2.24, 2.45) is 0 Å². The number of fused-ring (bicyclic) bond motifs is 1. The zero-order chi connectivity index (χ0) is 15.7. The third-order valence-corrected chi connectivity index (χ3v) is 6.24. The molecule has 1 aliphatic heterocycles.